The molecular formula is C15H21FN2O2. The van der Waals surface area contributed by atoms with Crippen LogP contribution in [0, 0.1) is 5.82 Å². The van der Waals surface area contributed by atoms with E-state index in [1.54, 1.807) is 18.2 Å². The fourth-order valence-corrected chi connectivity index (χ4v) is 2.49. The van der Waals surface area contributed by atoms with Crippen LogP contribution in [0.4, 0.5) is 4.39 Å². The van der Waals surface area contributed by atoms with Gasteiger partial charge in [-0.05, 0) is 13.1 Å². The van der Waals surface area contributed by atoms with Crippen molar-refractivity contribution in [3.8, 4) is 0 Å². The van der Waals surface area contributed by atoms with Gasteiger partial charge in [0.05, 0.1) is 13.0 Å². The van der Waals surface area contributed by atoms with E-state index in [0.717, 1.165) is 26.2 Å². The van der Waals surface area contributed by atoms with Crippen LogP contribution < -0.4 is 0 Å². The van der Waals surface area contributed by atoms with Crippen LogP contribution in [0.15, 0.2) is 24.3 Å². The Kier molecular flexibility index (Phi) is 5.09. The Hall–Kier alpha value is -1.46. The Morgan fingerprint density at radius 1 is 1.30 bits per heavy atom. The molecule has 2 rings (SSSR count). The van der Waals surface area contributed by atoms with E-state index in [2.05, 4.69) is 16.8 Å². The van der Waals surface area contributed by atoms with E-state index in [4.69, 9.17) is 4.74 Å². The highest BCUT2D eigenvalue weighted by molar-refractivity contribution is 5.78. The Bertz CT molecular complexity index is 459. The zero-order valence-corrected chi connectivity index (χ0v) is 12.0. The molecule has 0 aromatic heterocycles. The lowest BCUT2D eigenvalue weighted by Crippen LogP contribution is -2.46. The fourth-order valence-electron chi connectivity index (χ4n) is 2.49. The highest BCUT2D eigenvalue weighted by Gasteiger charge is 2.27. The van der Waals surface area contributed by atoms with Gasteiger partial charge >= 0.3 is 5.97 Å². The number of benzene rings is 1. The van der Waals surface area contributed by atoms with Crippen LogP contribution in [0.3, 0.4) is 0 Å². The third-order valence-electron chi connectivity index (χ3n) is 3.80. The molecule has 1 saturated heterocycles. The molecule has 1 heterocycles. The molecule has 1 unspecified atom stereocenters. The summed E-state index contributed by atoms with van der Waals surface area (Å²) in [6.45, 7) is 4.20. The summed E-state index contributed by atoms with van der Waals surface area (Å²) in [7, 11) is 3.42. The molecule has 1 atom stereocenters. The van der Waals surface area contributed by atoms with E-state index >= 15 is 0 Å². The molecular weight excluding hydrogens is 259 g/mol. The summed E-state index contributed by atoms with van der Waals surface area (Å²) in [5.74, 6) is -1.30. The maximum absolute atomic E-state index is 13.9. The predicted octanol–water partition coefficient (Wildman–Crippen LogP) is 1.33. The minimum atomic E-state index is -0.565. The largest absolute Gasteiger partial charge is 0.469 e. The quantitative estimate of drug-likeness (QED) is 0.779. The lowest BCUT2D eigenvalue weighted by atomic mass is 9.97. The fraction of sp³-hybridized carbons (Fsp3) is 0.533. The summed E-state index contributed by atoms with van der Waals surface area (Å²) < 4.78 is 18.8. The molecule has 0 saturated carbocycles. The first-order valence-corrected chi connectivity index (χ1v) is 6.85. The zero-order valence-electron chi connectivity index (χ0n) is 12.0. The number of methoxy groups -OCH3 is 1. The van der Waals surface area contributed by atoms with Crippen molar-refractivity contribution in [3.05, 3.63) is 35.6 Å². The molecule has 110 valence electrons. The van der Waals surface area contributed by atoms with Crippen molar-refractivity contribution in [1.82, 2.24) is 9.80 Å². The Morgan fingerprint density at radius 3 is 2.55 bits per heavy atom. The number of halogens is 1. The van der Waals surface area contributed by atoms with Crippen molar-refractivity contribution in [2.75, 3.05) is 46.9 Å². The molecule has 0 radical (unpaired) electrons. The number of likely N-dealkylation sites (N-methyl/N-ethyl adjacent to an activating group) is 1. The van der Waals surface area contributed by atoms with Gasteiger partial charge in [0.1, 0.15) is 5.82 Å². The summed E-state index contributed by atoms with van der Waals surface area (Å²) in [6.07, 6.45) is 0. The lowest BCUT2D eigenvalue weighted by molar-refractivity contribution is -0.143. The molecule has 5 heteroatoms. The van der Waals surface area contributed by atoms with Crippen molar-refractivity contribution in [2.45, 2.75) is 5.92 Å². The second-order valence-corrected chi connectivity index (χ2v) is 5.20. The van der Waals surface area contributed by atoms with Gasteiger partial charge in [-0.25, -0.2) is 4.39 Å². The van der Waals surface area contributed by atoms with Crippen LogP contribution in [-0.4, -0.2) is 62.7 Å². The molecule has 4 nitrogen and oxygen atoms in total. The van der Waals surface area contributed by atoms with Gasteiger partial charge in [-0.2, -0.15) is 0 Å². The predicted molar refractivity (Wildman–Crippen MR) is 75.1 cm³/mol. The molecule has 1 aromatic carbocycles. The normalized spacial score (nSPS) is 18.8. The minimum Gasteiger partial charge on any atom is -0.469 e. The molecule has 0 N–H and O–H groups in total. The van der Waals surface area contributed by atoms with Crippen LogP contribution in [0.2, 0.25) is 0 Å². The Balaban J connectivity index is 2.12. The second-order valence-electron chi connectivity index (χ2n) is 5.20. The van der Waals surface area contributed by atoms with E-state index in [9.17, 15) is 9.18 Å². The molecule has 1 fully saturated rings. The van der Waals surface area contributed by atoms with Crippen LogP contribution in [0.1, 0.15) is 11.5 Å². The number of carbonyl (C=O) groups is 1. The summed E-state index contributed by atoms with van der Waals surface area (Å²) in [6, 6.07) is 6.42. The summed E-state index contributed by atoms with van der Waals surface area (Å²) in [5.41, 5.74) is 0.415. The van der Waals surface area contributed by atoms with Gasteiger partial charge < -0.3 is 9.64 Å². The molecule has 1 aliphatic heterocycles. The number of ether oxygens (including phenoxy) is 1. The van der Waals surface area contributed by atoms with Crippen LogP contribution in [0.5, 0.6) is 0 Å². The number of rotatable bonds is 4. The number of carbonyl (C=O) groups excluding carboxylic acids is 1. The summed E-state index contributed by atoms with van der Waals surface area (Å²) >= 11 is 0. The number of hydrogen-bond acceptors (Lipinski definition) is 4. The maximum atomic E-state index is 13.9. The topological polar surface area (TPSA) is 32.8 Å². The third kappa shape index (κ3) is 3.55. The zero-order chi connectivity index (χ0) is 14.5. The number of hydrogen-bond donors (Lipinski definition) is 0. The number of esters is 1. The van der Waals surface area contributed by atoms with Crippen molar-refractivity contribution < 1.29 is 13.9 Å². The molecule has 0 bridgehead atoms. The molecule has 0 aliphatic carbocycles. The van der Waals surface area contributed by atoms with E-state index in [0.29, 0.717) is 12.1 Å². The van der Waals surface area contributed by atoms with Crippen molar-refractivity contribution in [1.29, 1.82) is 0 Å². The van der Waals surface area contributed by atoms with Crippen LogP contribution >= 0.6 is 0 Å². The first-order chi connectivity index (χ1) is 9.61. The van der Waals surface area contributed by atoms with Gasteiger partial charge in [-0.1, -0.05) is 18.2 Å². The van der Waals surface area contributed by atoms with Gasteiger partial charge in [0.25, 0.3) is 0 Å². The SMILES string of the molecule is COC(=O)C(CN1CCN(C)CC1)c1ccccc1F. The van der Waals surface area contributed by atoms with E-state index in [1.165, 1.54) is 13.2 Å². The van der Waals surface area contributed by atoms with Gasteiger partial charge in [-0.3, -0.25) is 9.69 Å². The molecule has 1 aromatic rings. The summed E-state index contributed by atoms with van der Waals surface area (Å²) in [5, 5.41) is 0. The van der Waals surface area contributed by atoms with Gasteiger partial charge in [-0.15, -0.1) is 0 Å². The maximum Gasteiger partial charge on any atom is 0.314 e. The van der Waals surface area contributed by atoms with Gasteiger partial charge in [0.15, 0.2) is 0 Å². The van der Waals surface area contributed by atoms with E-state index in [-0.39, 0.29) is 11.8 Å². The standard InChI is InChI=1S/C15H21FN2O2/c1-17-7-9-18(10-8-17)11-13(15(19)20-2)12-5-3-4-6-14(12)16/h3-6,13H,7-11H2,1-2H3. The lowest BCUT2D eigenvalue weighted by Gasteiger charge is -2.34. The van der Waals surface area contributed by atoms with Crippen LogP contribution in [-0.2, 0) is 9.53 Å². The highest BCUT2D eigenvalue weighted by Crippen LogP contribution is 2.22. The van der Waals surface area contributed by atoms with Gasteiger partial charge in [0.2, 0.25) is 0 Å². The third-order valence-corrected chi connectivity index (χ3v) is 3.80. The number of piperazine rings is 1. The van der Waals surface area contributed by atoms with E-state index < -0.39 is 5.92 Å². The molecule has 0 spiro atoms. The van der Waals surface area contributed by atoms with E-state index in [1.807, 2.05) is 0 Å². The van der Waals surface area contributed by atoms with Crippen molar-refractivity contribution in [3.63, 3.8) is 0 Å². The first-order valence-electron chi connectivity index (χ1n) is 6.85. The van der Waals surface area contributed by atoms with Crippen molar-refractivity contribution >= 4 is 5.97 Å². The first kappa shape index (κ1) is 14.9. The molecule has 20 heavy (non-hydrogen) atoms. The smallest absolute Gasteiger partial charge is 0.314 e. The minimum absolute atomic E-state index is 0.350. The molecule has 1 aliphatic rings. The van der Waals surface area contributed by atoms with Crippen LogP contribution in [0.25, 0.3) is 0 Å². The monoisotopic (exact) mass is 280 g/mol. The Labute approximate surface area is 119 Å². The summed E-state index contributed by atoms with van der Waals surface area (Å²) in [4.78, 5) is 16.4. The Morgan fingerprint density at radius 2 is 1.95 bits per heavy atom. The average molecular weight is 280 g/mol. The number of nitrogens with zero attached hydrogens (tertiary/aromatic N) is 2. The highest BCUT2D eigenvalue weighted by atomic mass is 19.1. The average Bonchev–Trinajstić information content (AvgIpc) is 2.47. The molecule has 0 amide bonds. The van der Waals surface area contributed by atoms with Gasteiger partial charge in [0, 0.05) is 38.3 Å². The van der Waals surface area contributed by atoms with Crippen molar-refractivity contribution in [2.24, 2.45) is 0 Å². The second kappa shape index (κ2) is 6.81.